The van der Waals surface area contributed by atoms with Crippen molar-refractivity contribution in [3.8, 4) is 0 Å². The predicted molar refractivity (Wildman–Crippen MR) is 127 cm³/mol. The zero-order valence-corrected chi connectivity index (χ0v) is 18.9. The maximum Gasteiger partial charge on any atom is 0.277 e. The summed E-state index contributed by atoms with van der Waals surface area (Å²) in [5.74, 6) is -0.389. The molecule has 0 aliphatic rings. The van der Waals surface area contributed by atoms with Crippen molar-refractivity contribution >= 4 is 22.5 Å². The summed E-state index contributed by atoms with van der Waals surface area (Å²) in [7, 11) is 0. The molecule has 0 aliphatic carbocycles. The lowest BCUT2D eigenvalue weighted by Gasteiger charge is -2.19. The van der Waals surface area contributed by atoms with E-state index in [4.69, 9.17) is 10.2 Å². The van der Waals surface area contributed by atoms with Crippen LogP contribution in [0.15, 0.2) is 65.4 Å². The van der Waals surface area contributed by atoms with Crippen molar-refractivity contribution in [2.45, 2.75) is 45.1 Å². The molecule has 6 nitrogen and oxygen atoms in total. The third-order valence-corrected chi connectivity index (χ3v) is 5.54. The van der Waals surface area contributed by atoms with Crippen LogP contribution >= 0.6 is 0 Å². The Morgan fingerprint density at radius 1 is 1.15 bits per heavy atom. The number of fused-ring (bicyclic) bond motifs is 1. The molecule has 1 atom stereocenters. The summed E-state index contributed by atoms with van der Waals surface area (Å²) < 4.78 is 18.5. The first-order valence-corrected chi connectivity index (χ1v) is 10.9. The number of amides is 1. The van der Waals surface area contributed by atoms with Crippen molar-refractivity contribution in [3.63, 3.8) is 0 Å². The van der Waals surface area contributed by atoms with E-state index >= 15 is 0 Å². The SMILES string of the molecule is CC(C)(C)c1ccc2cc(NC(=O)c3coc(C(N)CCc4ccc(F)cc4)n3)cnc2c1. The third kappa shape index (κ3) is 5.43. The highest BCUT2D eigenvalue weighted by molar-refractivity contribution is 6.03. The van der Waals surface area contributed by atoms with Crippen molar-refractivity contribution in [2.24, 2.45) is 5.73 Å². The van der Waals surface area contributed by atoms with Gasteiger partial charge in [-0.25, -0.2) is 9.37 Å². The first kappa shape index (κ1) is 22.6. The predicted octanol–water partition coefficient (Wildman–Crippen LogP) is 5.54. The molecule has 0 spiro atoms. The van der Waals surface area contributed by atoms with Crippen molar-refractivity contribution in [2.75, 3.05) is 5.32 Å². The molecule has 4 rings (SSSR count). The molecule has 7 heteroatoms. The molecule has 0 radical (unpaired) electrons. The van der Waals surface area contributed by atoms with Crippen LogP contribution in [0.2, 0.25) is 0 Å². The molecule has 170 valence electrons. The van der Waals surface area contributed by atoms with E-state index in [2.05, 4.69) is 48.2 Å². The van der Waals surface area contributed by atoms with Gasteiger partial charge in [-0.05, 0) is 53.6 Å². The maximum atomic E-state index is 13.0. The Bertz CT molecular complexity index is 1280. The van der Waals surface area contributed by atoms with Gasteiger partial charge in [-0.15, -0.1) is 0 Å². The summed E-state index contributed by atoms with van der Waals surface area (Å²) in [6.07, 6.45) is 4.12. The van der Waals surface area contributed by atoms with Crippen LogP contribution in [0.5, 0.6) is 0 Å². The van der Waals surface area contributed by atoms with Gasteiger partial charge < -0.3 is 15.5 Å². The third-order valence-electron chi connectivity index (χ3n) is 5.54. The van der Waals surface area contributed by atoms with E-state index in [0.717, 1.165) is 16.5 Å². The molecule has 4 aromatic rings. The molecule has 0 aliphatic heterocycles. The van der Waals surface area contributed by atoms with E-state index in [9.17, 15) is 9.18 Å². The van der Waals surface area contributed by atoms with Crippen molar-refractivity contribution in [3.05, 3.63) is 89.5 Å². The molecule has 33 heavy (non-hydrogen) atoms. The van der Waals surface area contributed by atoms with Crippen LogP contribution < -0.4 is 11.1 Å². The Morgan fingerprint density at radius 3 is 2.64 bits per heavy atom. The quantitative estimate of drug-likeness (QED) is 0.405. The lowest BCUT2D eigenvalue weighted by molar-refractivity contribution is 0.102. The zero-order valence-electron chi connectivity index (χ0n) is 18.9. The molecule has 0 saturated heterocycles. The smallest absolute Gasteiger partial charge is 0.277 e. The Balaban J connectivity index is 1.40. The van der Waals surface area contributed by atoms with Gasteiger partial charge in [0.05, 0.1) is 23.4 Å². The summed E-state index contributed by atoms with van der Waals surface area (Å²) in [4.78, 5) is 21.4. The van der Waals surface area contributed by atoms with Crippen LogP contribution in [-0.4, -0.2) is 15.9 Å². The van der Waals surface area contributed by atoms with Crippen LogP contribution in [-0.2, 0) is 11.8 Å². The van der Waals surface area contributed by atoms with Gasteiger partial charge in [-0.1, -0.05) is 45.0 Å². The molecule has 1 amide bonds. The average molecular weight is 447 g/mol. The van der Waals surface area contributed by atoms with Crippen LogP contribution in [0.25, 0.3) is 10.9 Å². The number of halogens is 1. The van der Waals surface area contributed by atoms with Crippen LogP contribution in [0.4, 0.5) is 10.1 Å². The van der Waals surface area contributed by atoms with Crippen LogP contribution in [0.3, 0.4) is 0 Å². The van der Waals surface area contributed by atoms with Gasteiger partial charge in [0, 0.05) is 5.39 Å². The number of oxazole rings is 1. The van der Waals surface area contributed by atoms with Crippen molar-refractivity contribution in [1.29, 1.82) is 0 Å². The molecule has 2 aromatic heterocycles. The number of pyridine rings is 1. The van der Waals surface area contributed by atoms with Crippen LogP contribution in [0.1, 0.15) is 60.7 Å². The molecular formula is C26H27FN4O2. The highest BCUT2D eigenvalue weighted by Gasteiger charge is 2.18. The minimum absolute atomic E-state index is 0.0350. The number of nitrogens with two attached hydrogens (primary N) is 1. The van der Waals surface area contributed by atoms with Gasteiger partial charge >= 0.3 is 0 Å². The van der Waals surface area contributed by atoms with E-state index in [1.807, 2.05) is 12.1 Å². The summed E-state index contributed by atoms with van der Waals surface area (Å²) in [5.41, 5.74) is 9.96. The largest absolute Gasteiger partial charge is 0.446 e. The first-order chi connectivity index (χ1) is 15.7. The normalized spacial score (nSPS) is 12.6. The Hall–Kier alpha value is -3.58. The number of anilines is 1. The standard InChI is InChI=1S/C26H27FN4O2/c1-26(2,3)18-8-7-17-12-20(14-29-22(17)13-18)30-24(32)23-15-33-25(31-23)21(28)11-6-16-4-9-19(27)10-5-16/h4-5,7-10,12-15,21H,6,11,28H2,1-3H3,(H,30,32). The van der Waals surface area contributed by atoms with E-state index in [1.54, 1.807) is 18.3 Å². The highest BCUT2D eigenvalue weighted by atomic mass is 19.1. The van der Waals surface area contributed by atoms with E-state index in [-0.39, 0.29) is 22.8 Å². The number of aromatic nitrogens is 2. The van der Waals surface area contributed by atoms with Crippen molar-refractivity contribution < 1.29 is 13.6 Å². The highest BCUT2D eigenvalue weighted by Crippen LogP contribution is 2.26. The second-order valence-corrected chi connectivity index (χ2v) is 9.18. The fourth-order valence-electron chi connectivity index (χ4n) is 3.51. The fraction of sp³-hybridized carbons (Fsp3) is 0.269. The second-order valence-electron chi connectivity index (χ2n) is 9.18. The van der Waals surface area contributed by atoms with Gasteiger partial charge in [-0.2, -0.15) is 0 Å². The molecular weight excluding hydrogens is 419 g/mol. The molecule has 2 heterocycles. The van der Waals surface area contributed by atoms with Gasteiger partial charge in [0.25, 0.3) is 5.91 Å². The second kappa shape index (κ2) is 9.11. The molecule has 1 unspecified atom stereocenters. The number of hydrogen-bond donors (Lipinski definition) is 2. The minimum Gasteiger partial charge on any atom is -0.446 e. The van der Waals surface area contributed by atoms with Crippen molar-refractivity contribution in [1.82, 2.24) is 9.97 Å². The lowest BCUT2D eigenvalue weighted by atomic mass is 9.86. The number of nitrogens with one attached hydrogen (secondary N) is 1. The zero-order chi connectivity index (χ0) is 23.6. The number of carbonyl (C=O) groups excluding carboxylic acids is 1. The molecule has 0 saturated carbocycles. The summed E-state index contributed by atoms with van der Waals surface area (Å²) >= 11 is 0. The van der Waals surface area contributed by atoms with Gasteiger partial charge in [0.1, 0.15) is 12.1 Å². The number of hydrogen-bond acceptors (Lipinski definition) is 5. The molecule has 2 aromatic carbocycles. The Labute approximate surface area is 192 Å². The summed E-state index contributed by atoms with van der Waals surface area (Å²) in [6.45, 7) is 6.47. The Kier molecular flexibility index (Phi) is 6.24. The lowest BCUT2D eigenvalue weighted by Crippen LogP contribution is -2.15. The van der Waals surface area contributed by atoms with Gasteiger partial charge in [0.2, 0.25) is 5.89 Å². The molecule has 3 N–H and O–H groups in total. The van der Waals surface area contributed by atoms with E-state index in [1.165, 1.54) is 24.0 Å². The molecule has 0 fully saturated rings. The first-order valence-electron chi connectivity index (χ1n) is 10.9. The number of rotatable bonds is 6. The van der Waals surface area contributed by atoms with Crippen LogP contribution in [0, 0.1) is 5.82 Å². The van der Waals surface area contributed by atoms with E-state index in [0.29, 0.717) is 18.5 Å². The number of carbonyl (C=O) groups is 1. The molecule has 0 bridgehead atoms. The minimum atomic E-state index is -0.476. The Morgan fingerprint density at radius 2 is 1.91 bits per heavy atom. The summed E-state index contributed by atoms with van der Waals surface area (Å²) in [5, 5.41) is 3.75. The van der Waals surface area contributed by atoms with Gasteiger partial charge in [0.15, 0.2) is 5.69 Å². The number of nitrogens with zero attached hydrogens (tertiary/aromatic N) is 2. The van der Waals surface area contributed by atoms with Gasteiger partial charge in [-0.3, -0.25) is 9.78 Å². The average Bonchev–Trinajstić information content (AvgIpc) is 3.28. The monoisotopic (exact) mass is 446 g/mol. The number of benzene rings is 2. The number of aryl methyl sites for hydroxylation is 1. The maximum absolute atomic E-state index is 13.0. The topological polar surface area (TPSA) is 94.0 Å². The van der Waals surface area contributed by atoms with E-state index < -0.39 is 11.9 Å². The fourth-order valence-corrected chi connectivity index (χ4v) is 3.51. The summed E-state index contributed by atoms with van der Waals surface area (Å²) in [6, 6.07) is 13.8.